The zero-order valence-corrected chi connectivity index (χ0v) is 19.8. The van der Waals surface area contributed by atoms with E-state index in [0.717, 1.165) is 35.0 Å². The minimum absolute atomic E-state index is 0.279. The number of ether oxygens (including phenoxy) is 1. The summed E-state index contributed by atoms with van der Waals surface area (Å²) in [6.45, 7) is 5.51. The summed E-state index contributed by atoms with van der Waals surface area (Å²) in [6.07, 6.45) is 4.34. The second kappa shape index (κ2) is 7.46. The number of aromatic nitrogens is 1. The predicted octanol–water partition coefficient (Wildman–Crippen LogP) is 4.24. The van der Waals surface area contributed by atoms with Gasteiger partial charge in [0, 0.05) is 54.8 Å². The molecule has 168 valence electrons. The van der Waals surface area contributed by atoms with Crippen LogP contribution in [-0.4, -0.2) is 51.2 Å². The number of rotatable bonds is 4. The lowest BCUT2D eigenvalue weighted by Crippen LogP contribution is -2.30. The molecule has 32 heavy (non-hydrogen) atoms. The highest BCUT2D eigenvalue weighted by atomic mass is 32.2. The van der Waals surface area contributed by atoms with Crippen LogP contribution in [0.2, 0.25) is 0 Å². The standard InChI is InChI=1S/C25H29N3O3S/c1-25(2)20-14-22(31-4)23(32(29,30)28-9-5-6-10-28)13-17(20)12-19-18-8-7-16(15-26-3)11-21(18)27-24(19)25/h7-8,11,13-15,27H,5-6,9-10,12H2,1-4H3/b26-15-. The molecule has 3 aromatic rings. The molecule has 5 rings (SSSR count). The molecule has 0 saturated carbocycles. The molecule has 1 fully saturated rings. The van der Waals surface area contributed by atoms with Gasteiger partial charge in [-0.3, -0.25) is 4.99 Å². The van der Waals surface area contributed by atoms with Gasteiger partial charge in [0.25, 0.3) is 0 Å². The third-order valence-electron chi connectivity index (χ3n) is 6.95. The Kier molecular flexibility index (Phi) is 4.94. The molecule has 1 N–H and O–H groups in total. The first kappa shape index (κ1) is 21.2. The van der Waals surface area contributed by atoms with Crippen LogP contribution in [0, 0.1) is 0 Å². The Morgan fingerprint density at radius 2 is 1.91 bits per heavy atom. The van der Waals surface area contributed by atoms with Gasteiger partial charge < -0.3 is 9.72 Å². The smallest absolute Gasteiger partial charge is 0.246 e. The summed E-state index contributed by atoms with van der Waals surface area (Å²) in [7, 11) is -0.269. The van der Waals surface area contributed by atoms with E-state index >= 15 is 0 Å². The number of sulfonamides is 1. The largest absolute Gasteiger partial charge is 0.495 e. The van der Waals surface area contributed by atoms with E-state index in [4.69, 9.17) is 4.74 Å². The van der Waals surface area contributed by atoms with Gasteiger partial charge in [0.2, 0.25) is 10.0 Å². The van der Waals surface area contributed by atoms with E-state index in [0.29, 0.717) is 25.3 Å². The second-order valence-corrected chi connectivity index (χ2v) is 11.2. The van der Waals surface area contributed by atoms with Crippen LogP contribution < -0.4 is 4.74 Å². The first-order valence-electron chi connectivity index (χ1n) is 11.1. The molecule has 0 amide bonds. The van der Waals surface area contributed by atoms with Crippen LogP contribution in [0.4, 0.5) is 0 Å². The Morgan fingerprint density at radius 3 is 2.59 bits per heavy atom. The number of fused-ring (bicyclic) bond motifs is 4. The molecular formula is C25H29N3O3S. The molecule has 6 nitrogen and oxygen atoms in total. The molecule has 1 aliphatic carbocycles. The summed E-state index contributed by atoms with van der Waals surface area (Å²) in [5.74, 6) is 0.421. The highest BCUT2D eigenvalue weighted by Crippen LogP contribution is 2.46. The van der Waals surface area contributed by atoms with E-state index < -0.39 is 10.0 Å². The van der Waals surface area contributed by atoms with Crippen molar-refractivity contribution in [3.05, 3.63) is 58.3 Å². The van der Waals surface area contributed by atoms with Gasteiger partial charge in [0.05, 0.1) is 7.11 Å². The molecule has 1 saturated heterocycles. The number of aromatic amines is 1. The number of hydrogen-bond acceptors (Lipinski definition) is 4. The van der Waals surface area contributed by atoms with E-state index in [2.05, 4.69) is 42.0 Å². The number of benzene rings is 2. The van der Waals surface area contributed by atoms with Gasteiger partial charge in [-0.05, 0) is 53.3 Å². The molecule has 0 radical (unpaired) electrons. The fraction of sp³-hybridized carbons (Fsp3) is 0.400. The zero-order chi connectivity index (χ0) is 22.7. The maximum Gasteiger partial charge on any atom is 0.246 e. The van der Waals surface area contributed by atoms with Crippen molar-refractivity contribution in [1.29, 1.82) is 0 Å². The lowest BCUT2D eigenvalue weighted by molar-refractivity contribution is 0.396. The van der Waals surface area contributed by atoms with Gasteiger partial charge in [-0.15, -0.1) is 0 Å². The summed E-state index contributed by atoms with van der Waals surface area (Å²) < 4.78 is 34.0. The Hall–Kier alpha value is -2.64. The highest BCUT2D eigenvalue weighted by molar-refractivity contribution is 7.89. The minimum atomic E-state index is -3.58. The molecule has 1 aliphatic heterocycles. The second-order valence-electron chi connectivity index (χ2n) is 9.24. The van der Waals surface area contributed by atoms with E-state index in [1.54, 1.807) is 18.5 Å². The maximum absolute atomic E-state index is 13.4. The minimum Gasteiger partial charge on any atom is -0.495 e. The zero-order valence-electron chi connectivity index (χ0n) is 19.0. The first-order valence-corrected chi connectivity index (χ1v) is 12.5. The number of H-pyrrole nitrogens is 1. The lowest BCUT2D eigenvalue weighted by Gasteiger charge is -2.34. The summed E-state index contributed by atoms with van der Waals surface area (Å²) in [5.41, 5.74) is 6.35. The van der Waals surface area contributed by atoms with Crippen molar-refractivity contribution in [1.82, 2.24) is 9.29 Å². The highest BCUT2D eigenvalue weighted by Gasteiger charge is 2.38. The van der Waals surface area contributed by atoms with Gasteiger partial charge in [-0.25, -0.2) is 8.42 Å². The van der Waals surface area contributed by atoms with Crippen LogP contribution in [0.3, 0.4) is 0 Å². The molecule has 0 unspecified atom stereocenters. The molecule has 0 spiro atoms. The fourth-order valence-electron chi connectivity index (χ4n) is 5.30. The third-order valence-corrected chi connectivity index (χ3v) is 8.87. The first-order chi connectivity index (χ1) is 15.3. The number of nitrogens with zero attached hydrogens (tertiary/aromatic N) is 2. The number of hydrogen-bond donors (Lipinski definition) is 1. The van der Waals surface area contributed by atoms with E-state index in [-0.39, 0.29) is 10.3 Å². The quantitative estimate of drug-likeness (QED) is 0.603. The van der Waals surface area contributed by atoms with Crippen LogP contribution in [0.25, 0.3) is 10.9 Å². The van der Waals surface area contributed by atoms with Crippen LogP contribution in [0.15, 0.2) is 40.2 Å². The predicted molar refractivity (Wildman–Crippen MR) is 128 cm³/mol. The van der Waals surface area contributed by atoms with Crippen molar-refractivity contribution in [2.24, 2.45) is 4.99 Å². The molecule has 0 atom stereocenters. The van der Waals surface area contributed by atoms with Gasteiger partial charge in [0.15, 0.2) is 0 Å². The maximum atomic E-state index is 13.4. The number of nitrogens with one attached hydrogen (secondary N) is 1. The van der Waals surface area contributed by atoms with Crippen molar-refractivity contribution in [2.45, 2.75) is 43.4 Å². The van der Waals surface area contributed by atoms with E-state index in [1.807, 2.05) is 18.3 Å². The van der Waals surface area contributed by atoms with Crippen LogP contribution >= 0.6 is 0 Å². The van der Waals surface area contributed by atoms with Crippen molar-refractivity contribution in [3.63, 3.8) is 0 Å². The van der Waals surface area contributed by atoms with Gasteiger partial charge in [-0.1, -0.05) is 26.0 Å². The van der Waals surface area contributed by atoms with Crippen LogP contribution in [0.1, 0.15) is 54.6 Å². The topological polar surface area (TPSA) is 74.8 Å². The Bertz CT molecular complexity index is 1350. The Balaban J connectivity index is 1.68. The van der Waals surface area contributed by atoms with Crippen LogP contribution in [-0.2, 0) is 21.9 Å². The number of aliphatic imine (C=N–C) groups is 1. The number of methoxy groups -OCH3 is 1. The van der Waals surface area contributed by atoms with E-state index in [1.165, 1.54) is 16.6 Å². The molecule has 2 aliphatic rings. The monoisotopic (exact) mass is 451 g/mol. The SMILES string of the molecule is C/N=C\c1ccc2c3c([nH]c2c1)C(C)(C)c1cc(OC)c(S(=O)(=O)N2CCCC2)cc1C3. The normalized spacial score (nSPS) is 18.2. The third kappa shape index (κ3) is 3.10. The summed E-state index contributed by atoms with van der Waals surface area (Å²) in [6, 6.07) is 10.1. The van der Waals surface area contributed by atoms with Crippen molar-refractivity contribution in [2.75, 3.05) is 27.2 Å². The van der Waals surface area contributed by atoms with Crippen molar-refractivity contribution >= 4 is 27.1 Å². The Labute approximate surface area is 189 Å². The molecule has 7 heteroatoms. The van der Waals surface area contributed by atoms with Crippen molar-refractivity contribution in [3.8, 4) is 5.75 Å². The average molecular weight is 452 g/mol. The molecular weight excluding hydrogens is 422 g/mol. The molecule has 2 heterocycles. The summed E-state index contributed by atoms with van der Waals surface area (Å²) in [5, 5.41) is 1.17. The van der Waals surface area contributed by atoms with Gasteiger partial charge in [-0.2, -0.15) is 4.31 Å². The summed E-state index contributed by atoms with van der Waals surface area (Å²) >= 11 is 0. The molecule has 2 aromatic carbocycles. The molecule has 1 aromatic heterocycles. The van der Waals surface area contributed by atoms with E-state index in [9.17, 15) is 8.42 Å². The summed E-state index contributed by atoms with van der Waals surface area (Å²) in [4.78, 5) is 8.05. The fourth-order valence-corrected chi connectivity index (χ4v) is 7.01. The molecule has 0 bridgehead atoms. The van der Waals surface area contributed by atoms with Gasteiger partial charge >= 0.3 is 0 Å². The van der Waals surface area contributed by atoms with Crippen LogP contribution in [0.5, 0.6) is 5.75 Å². The lowest BCUT2D eigenvalue weighted by atomic mass is 9.72. The Morgan fingerprint density at radius 1 is 1.16 bits per heavy atom. The van der Waals surface area contributed by atoms with Gasteiger partial charge in [0.1, 0.15) is 10.6 Å². The van der Waals surface area contributed by atoms with Crippen molar-refractivity contribution < 1.29 is 13.2 Å². The average Bonchev–Trinajstić information content (AvgIpc) is 3.42.